The highest BCUT2D eigenvalue weighted by molar-refractivity contribution is 4.78. The molecular weight excluding hydrogens is 146 g/mol. The van der Waals surface area contributed by atoms with Crippen LogP contribution >= 0.6 is 0 Å². The molecule has 0 bridgehead atoms. The molecule has 0 aromatic rings. The molecule has 0 aromatic carbocycles. The van der Waals surface area contributed by atoms with E-state index >= 15 is 0 Å². The Kier molecular flexibility index (Phi) is 7.87. The molecule has 0 heterocycles. The predicted molar refractivity (Wildman–Crippen MR) is 56.1 cm³/mol. The Bertz CT molecular complexity index is 136. The van der Waals surface area contributed by atoms with Gasteiger partial charge in [0, 0.05) is 13.6 Å². The summed E-state index contributed by atoms with van der Waals surface area (Å²) in [5, 5.41) is 0. The minimum absolute atomic E-state index is 1.17. The summed E-state index contributed by atoms with van der Waals surface area (Å²) < 4.78 is 0. The predicted octanol–water partition coefficient (Wildman–Crippen LogP) is 3.20. The fraction of sp³-hybridized carbons (Fsp3) is 0.636. The average Bonchev–Trinajstić information content (AvgIpc) is 2.05. The lowest BCUT2D eigenvalue weighted by Crippen LogP contribution is -2.11. The van der Waals surface area contributed by atoms with Crippen molar-refractivity contribution in [3.63, 3.8) is 0 Å². The van der Waals surface area contributed by atoms with Crippen molar-refractivity contribution in [2.45, 2.75) is 33.1 Å². The Morgan fingerprint density at radius 1 is 1.08 bits per heavy atom. The van der Waals surface area contributed by atoms with Crippen LogP contribution in [0.4, 0.5) is 0 Å². The van der Waals surface area contributed by atoms with Gasteiger partial charge in [-0.05, 0) is 39.3 Å². The lowest BCUT2D eigenvalue weighted by atomic mass is 10.2. The smallest absolute Gasteiger partial charge is 0.0169 e. The molecule has 0 atom stereocenters. The first kappa shape index (κ1) is 11.3. The number of rotatable bonds is 6. The van der Waals surface area contributed by atoms with E-state index in [0.29, 0.717) is 0 Å². The Morgan fingerprint density at radius 2 is 1.83 bits per heavy atom. The van der Waals surface area contributed by atoms with Gasteiger partial charge in [0.15, 0.2) is 0 Å². The van der Waals surface area contributed by atoms with Crippen LogP contribution in [0.2, 0.25) is 0 Å². The molecule has 0 aromatic heterocycles. The van der Waals surface area contributed by atoms with Crippen molar-refractivity contribution >= 4 is 0 Å². The summed E-state index contributed by atoms with van der Waals surface area (Å²) in [6.45, 7) is 5.30. The van der Waals surface area contributed by atoms with Crippen molar-refractivity contribution in [3.05, 3.63) is 24.4 Å². The Morgan fingerprint density at radius 3 is 2.42 bits per heavy atom. The summed E-state index contributed by atoms with van der Waals surface area (Å²) >= 11 is 0. The minimum atomic E-state index is 1.17. The van der Waals surface area contributed by atoms with Crippen LogP contribution < -0.4 is 0 Å². The van der Waals surface area contributed by atoms with Gasteiger partial charge >= 0.3 is 0 Å². The highest BCUT2D eigenvalue weighted by Gasteiger charge is 1.89. The Labute approximate surface area is 76.8 Å². The van der Waals surface area contributed by atoms with E-state index in [0.717, 1.165) is 0 Å². The molecule has 0 aliphatic carbocycles. The number of unbranched alkanes of at least 4 members (excludes halogenated alkanes) is 2. The third-order valence-corrected chi connectivity index (χ3v) is 1.77. The molecular formula is C11H21N. The van der Waals surface area contributed by atoms with E-state index in [4.69, 9.17) is 0 Å². The van der Waals surface area contributed by atoms with E-state index in [9.17, 15) is 0 Å². The SMILES string of the molecule is CC=CCCCCN(C)C=CC. The van der Waals surface area contributed by atoms with E-state index < -0.39 is 0 Å². The zero-order valence-electron chi connectivity index (χ0n) is 8.59. The molecule has 0 aliphatic heterocycles. The van der Waals surface area contributed by atoms with Gasteiger partial charge in [0.05, 0.1) is 0 Å². The van der Waals surface area contributed by atoms with Crippen LogP contribution in [0.25, 0.3) is 0 Å². The first-order valence-electron chi connectivity index (χ1n) is 4.75. The van der Waals surface area contributed by atoms with Crippen molar-refractivity contribution in [3.8, 4) is 0 Å². The monoisotopic (exact) mass is 167 g/mol. The van der Waals surface area contributed by atoms with Crippen LogP contribution in [0.3, 0.4) is 0 Å². The first-order chi connectivity index (χ1) is 5.81. The van der Waals surface area contributed by atoms with Gasteiger partial charge in [-0.25, -0.2) is 0 Å². The second kappa shape index (κ2) is 8.38. The molecule has 0 rings (SSSR count). The Balaban J connectivity index is 3.19. The van der Waals surface area contributed by atoms with Crippen molar-refractivity contribution < 1.29 is 0 Å². The molecule has 0 fully saturated rings. The number of allylic oxidation sites excluding steroid dienone is 3. The van der Waals surface area contributed by atoms with Gasteiger partial charge in [-0.2, -0.15) is 0 Å². The molecule has 12 heavy (non-hydrogen) atoms. The lowest BCUT2D eigenvalue weighted by Gasteiger charge is -2.12. The van der Waals surface area contributed by atoms with Gasteiger partial charge < -0.3 is 4.90 Å². The van der Waals surface area contributed by atoms with Crippen molar-refractivity contribution in [2.24, 2.45) is 0 Å². The van der Waals surface area contributed by atoms with Crippen LogP contribution in [0.15, 0.2) is 24.4 Å². The molecule has 0 unspecified atom stereocenters. The fourth-order valence-electron chi connectivity index (χ4n) is 1.12. The molecule has 0 aliphatic rings. The number of hydrogen-bond donors (Lipinski definition) is 0. The van der Waals surface area contributed by atoms with Crippen LogP contribution in [0, 0.1) is 0 Å². The quantitative estimate of drug-likeness (QED) is 0.434. The highest BCUT2D eigenvalue weighted by atomic mass is 15.1. The molecule has 0 spiro atoms. The van der Waals surface area contributed by atoms with E-state index in [1.165, 1.54) is 25.8 Å². The largest absolute Gasteiger partial charge is 0.381 e. The van der Waals surface area contributed by atoms with Gasteiger partial charge in [-0.1, -0.05) is 18.2 Å². The summed E-state index contributed by atoms with van der Waals surface area (Å²) in [5.41, 5.74) is 0. The molecule has 0 saturated heterocycles. The van der Waals surface area contributed by atoms with Crippen LogP contribution in [-0.2, 0) is 0 Å². The fourth-order valence-corrected chi connectivity index (χ4v) is 1.12. The van der Waals surface area contributed by atoms with Gasteiger partial charge in [-0.15, -0.1) is 0 Å². The zero-order valence-corrected chi connectivity index (χ0v) is 8.59. The third kappa shape index (κ3) is 7.39. The highest BCUT2D eigenvalue weighted by Crippen LogP contribution is 1.98. The second-order valence-corrected chi connectivity index (χ2v) is 3.03. The van der Waals surface area contributed by atoms with Gasteiger partial charge in [0.2, 0.25) is 0 Å². The van der Waals surface area contributed by atoms with E-state index in [1.54, 1.807) is 0 Å². The summed E-state index contributed by atoms with van der Waals surface area (Å²) in [4.78, 5) is 2.23. The molecule has 1 nitrogen and oxygen atoms in total. The van der Waals surface area contributed by atoms with Crippen molar-refractivity contribution in [1.82, 2.24) is 4.90 Å². The summed E-state index contributed by atoms with van der Waals surface area (Å²) in [6.07, 6.45) is 12.4. The molecule has 0 N–H and O–H groups in total. The summed E-state index contributed by atoms with van der Waals surface area (Å²) in [5.74, 6) is 0. The Hall–Kier alpha value is -0.720. The lowest BCUT2D eigenvalue weighted by molar-refractivity contribution is 0.437. The van der Waals surface area contributed by atoms with Gasteiger partial charge in [0.1, 0.15) is 0 Å². The van der Waals surface area contributed by atoms with Crippen molar-refractivity contribution in [1.29, 1.82) is 0 Å². The maximum absolute atomic E-state index is 2.23. The number of nitrogens with zero attached hydrogens (tertiary/aromatic N) is 1. The van der Waals surface area contributed by atoms with Crippen LogP contribution in [0.1, 0.15) is 33.1 Å². The normalized spacial score (nSPS) is 11.6. The molecule has 1 heteroatoms. The number of hydrogen-bond acceptors (Lipinski definition) is 1. The summed E-state index contributed by atoms with van der Waals surface area (Å²) in [7, 11) is 2.12. The van der Waals surface area contributed by atoms with Crippen LogP contribution in [-0.4, -0.2) is 18.5 Å². The van der Waals surface area contributed by atoms with Gasteiger partial charge in [-0.3, -0.25) is 0 Å². The molecule has 0 amide bonds. The topological polar surface area (TPSA) is 3.24 Å². The van der Waals surface area contributed by atoms with E-state index in [-0.39, 0.29) is 0 Å². The zero-order chi connectivity index (χ0) is 9.23. The van der Waals surface area contributed by atoms with Crippen molar-refractivity contribution in [2.75, 3.05) is 13.6 Å². The minimum Gasteiger partial charge on any atom is -0.381 e. The second-order valence-electron chi connectivity index (χ2n) is 3.03. The summed E-state index contributed by atoms with van der Waals surface area (Å²) in [6, 6.07) is 0. The van der Waals surface area contributed by atoms with Crippen LogP contribution in [0.5, 0.6) is 0 Å². The maximum atomic E-state index is 2.23. The van der Waals surface area contributed by atoms with Gasteiger partial charge in [0.25, 0.3) is 0 Å². The average molecular weight is 167 g/mol. The molecule has 70 valence electrons. The third-order valence-electron chi connectivity index (χ3n) is 1.77. The first-order valence-corrected chi connectivity index (χ1v) is 4.75. The standard InChI is InChI=1S/C11H21N/c1-4-6-7-8-9-11-12(3)10-5-2/h4-6,10H,7-9,11H2,1-3H3. The van der Waals surface area contributed by atoms with E-state index in [1.807, 2.05) is 0 Å². The molecule has 0 saturated carbocycles. The maximum Gasteiger partial charge on any atom is 0.0169 e. The molecule has 0 radical (unpaired) electrons. The van der Waals surface area contributed by atoms with E-state index in [2.05, 4.69) is 50.2 Å².